The molecule has 4 nitrogen and oxygen atoms in total. The van der Waals surface area contributed by atoms with Crippen molar-refractivity contribution in [1.82, 2.24) is 5.32 Å². The molecule has 2 aromatic rings. The van der Waals surface area contributed by atoms with Crippen LogP contribution in [-0.4, -0.2) is 24.1 Å². The number of hydrogen-bond donors (Lipinski definition) is 2. The van der Waals surface area contributed by atoms with Crippen molar-refractivity contribution in [3.63, 3.8) is 0 Å². The fourth-order valence-corrected chi connectivity index (χ4v) is 3.21. The molecular formula is C18H18Cl2N2O2S. The van der Waals surface area contributed by atoms with Gasteiger partial charge in [-0.2, -0.15) is 0 Å². The molecule has 0 spiro atoms. The summed E-state index contributed by atoms with van der Waals surface area (Å²) < 4.78 is 0. The van der Waals surface area contributed by atoms with Crippen molar-refractivity contribution in [3.05, 3.63) is 63.6 Å². The zero-order valence-corrected chi connectivity index (χ0v) is 16.0. The maximum atomic E-state index is 11.9. The van der Waals surface area contributed by atoms with Crippen LogP contribution in [0.15, 0.2) is 42.5 Å². The van der Waals surface area contributed by atoms with Gasteiger partial charge in [-0.15, -0.1) is 11.8 Å². The highest BCUT2D eigenvalue weighted by Gasteiger charge is 2.08. The van der Waals surface area contributed by atoms with Gasteiger partial charge in [0.1, 0.15) is 0 Å². The standard InChI is InChI=1S/C18H18Cl2N2O2S/c1-12-2-7-16(15(20)8-12)22-17(23)9-21-18(24)11-25-10-13-3-5-14(19)6-4-13/h2-8H,9-11H2,1H3,(H,21,24)(H,22,23). The van der Waals surface area contributed by atoms with Crippen LogP contribution in [0.1, 0.15) is 11.1 Å². The van der Waals surface area contributed by atoms with Gasteiger partial charge in [0.25, 0.3) is 0 Å². The Hall–Kier alpha value is -1.69. The number of amides is 2. The van der Waals surface area contributed by atoms with Crippen LogP contribution in [0.4, 0.5) is 5.69 Å². The Morgan fingerprint density at radius 3 is 2.44 bits per heavy atom. The van der Waals surface area contributed by atoms with Crippen molar-refractivity contribution < 1.29 is 9.59 Å². The van der Waals surface area contributed by atoms with Crippen molar-refractivity contribution in [2.24, 2.45) is 0 Å². The summed E-state index contributed by atoms with van der Waals surface area (Å²) in [5.74, 6) is 0.475. The molecule has 2 amide bonds. The first-order valence-electron chi connectivity index (χ1n) is 7.59. The number of anilines is 1. The first kappa shape index (κ1) is 19.6. The van der Waals surface area contributed by atoms with Gasteiger partial charge in [0.05, 0.1) is 23.0 Å². The molecule has 0 aromatic heterocycles. The predicted molar refractivity (Wildman–Crippen MR) is 105 cm³/mol. The van der Waals surface area contributed by atoms with Crippen LogP contribution >= 0.6 is 35.0 Å². The summed E-state index contributed by atoms with van der Waals surface area (Å²) in [6, 6.07) is 12.8. The van der Waals surface area contributed by atoms with E-state index in [1.807, 2.05) is 37.3 Å². The van der Waals surface area contributed by atoms with E-state index in [0.29, 0.717) is 21.5 Å². The minimum Gasteiger partial charge on any atom is -0.346 e. The van der Waals surface area contributed by atoms with Crippen molar-refractivity contribution in [2.45, 2.75) is 12.7 Å². The molecule has 25 heavy (non-hydrogen) atoms. The van der Waals surface area contributed by atoms with Crippen LogP contribution < -0.4 is 10.6 Å². The van der Waals surface area contributed by atoms with E-state index in [2.05, 4.69) is 10.6 Å². The average molecular weight is 397 g/mol. The molecule has 0 aliphatic carbocycles. The molecule has 0 aliphatic rings. The topological polar surface area (TPSA) is 58.2 Å². The van der Waals surface area contributed by atoms with Gasteiger partial charge in [0, 0.05) is 10.8 Å². The van der Waals surface area contributed by atoms with E-state index in [4.69, 9.17) is 23.2 Å². The van der Waals surface area contributed by atoms with Crippen LogP contribution in [0, 0.1) is 6.92 Å². The largest absolute Gasteiger partial charge is 0.346 e. The Kier molecular flexibility index (Phi) is 7.62. The highest BCUT2D eigenvalue weighted by molar-refractivity contribution is 7.99. The third-order valence-electron chi connectivity index (χ3n) is 3.26. The summed E-state index contributed by atoms with van der Waals surface area (Å²) in [6.07, 6.45) is 0. The molecule has 0 radical (unpaired) electrons. The zero-order valence-electron chi connectivity index (χ0n) is 13.6. The number of nitrogens with one attached hydrogen (secondary N) is 2. The molecule has 0 unspecified atom stereocenters. The molecule has 0 heterocycles. The number of hydrogen-bond acceptors (Lipinski definition) is 3. The Labute approximate surface area is 161 Å². The predicted octanol–water partition coefficient (Wildman–Crippen LogP) is 4.29. The molecule has 7 heteroatoms. The first-order valence-corrected chi connectivity index (χ1v) is 9.50. The summed E-state index contributed by atoms with van der Waals surface area (Å²) in [5, 5.41) is 6.42. The van der Waals surface area contributed by atoms with Crippen LogP contribution in [0.3, 0.4) is 0 Å². The second-order valence-electron chi connectivity index (χ2n) is 5.43. The van der Waals surface area contributed by atoms with Gasteiger partial charge >= 0.3 is 0 Å². The second-order valence-corrected chi connectivity index (χ2v) is 7.26. The number of aryl methyl sites for hydroxylation is 1. The first-order chi connectivity index (χ1) is 11.9. The fourth-order valence-electron chi connectivity index (χ4n) is 1.99. The second kappa shape index (κ2) is 9.70. The van der Waals surface area contributed by atoms with Crippen molar-refractivity contribution in [1.29, 1.82) is 0 Å². The molecule has 132 valence electrons. The Balaban J connectivity index is 1.68. The lowest BCUT2D eigenvalue weighted by atomic mass is 10.2. The van der Waals surface area contributed by atoms with Crippen molar-refractivity contribution in [2.75, 3.05) is 17.6 Å². The Morgan fingerprint density at radius 1 is 1.04 bits per heavy atom. The van der Waals surface area contributed by atoms with E-state index in [0.717, 1.165) is 11.1 Å². The third kappa shape index (κ3) is 6.98. The van der Waals surface area contributed by atoms with Crippen molar-refractivity contribution in [3.8, 4) is 0 Å². The van der Waals surface area contributed by atoms with E-state index in [1.54, 1.807) is 12.1 Å². The van der Waals surface area contributed by atoms with Crippen LogP contribution in [0.5, 0.6) is 0 Å². The highest BCUT2D eigenvalue weighted by atomic mass is 35.5. The molecule has 0 fully saturated rings. The van der Waals surface area contributed by atoms with Gasteiger partial charge < -0.3 is 10.6 Å². The van der Waals surface area contributed by atoms with Gasteiger partial charge in [-0.3, -0.25) is 9.59 Å². The maximum absolute atomic E-state index is 11.9. The van der Waals surface area contributed by atoms with Gasteiger partial charge in [-0.25, -0.2) is 0 Å². The maximum Gasteiger partial charge on any atom is 0.243 e. The summed E-state index contributed by atoms with van der Waals surface area (Å²) >= 11 is 13.4. The van der Waals surface area contributed by atoms with Gasteiger partial charge in [-0.1, -0.05) is 41.4 Å². The minimum absolute atomic E-state index is 0.0927. The smallest absolute Gasteiger partial charge is 0.243 e. The number of thioether (sulfide) groups is 1. The molecule has 0 saturated carbocycles. The van der Waals surface area contributed by atoms with E-state index in [-0.39, 0.29) is 24.1 Å². The third-order valence-corrected chi connectivity index (χ3v) is 4.83. The number of carbonyl (C=O) groups excluding carboxylic acids is 2. The SMILES string of the molecule is Cc1ccc(NC(=O)CNC(=O)CSCc2ccc(Cl)cc2)c(Cl)c1. The van der Waals surface area contributed by atoms with Gasteiger partial charge in [0.2, 0.25) is 11.8 Å². The monoisotopic (exact) mass is 396 g/mol. The Morgan fingerprint density at radius 2 is 1.76 bits per heavy atom. The molecule has 0 aliphatic heterocycles. The minimum atomic E-state index is -0.318. The highest BCUT2D eigenvalue weighted by Crippen LogP contribution is 2.22. The van der Waals surface area contributed by atoms with Crippen molar-refractivity contribution >= 4 is 52.5 Å². The molecular weight excluding hydrogens is 379 g/mol. The van der Waals surface area contributed by atoms with Crippen LogP contribution in [-0.2, 0) is 15.3 Å². The van der Waals surface area contributed by atoms with Gasteiger partial charge in [0.15, 0.2) is 0 Å². The number of carbonyl (C=O) groups is 2. The van der Waals surface area contributed by atoms with E-state index >= 15 is 0 Å². The molecule has 0 saturated heterocycles. The average Bonchev–Trinajstić information content (AvgIpc) is 2.57. The number of rotatable bonds is 7. The molecule has 0 atom stereocenters. The summed E-state index contributed by atoms with van der Waals surface area (Å²) in [6.45, 7) is 1.82. The lowest BCUT2D eigenvalue weighted by Gasteiger charge is -2.09. The normalized spacial score (nSPS) is 10.4. The molecule has 2 rings (SSSR count). The Bertz CT molecular complexity index is 751. The molecule has 2 aromatic carbocycles. The molecule has 2 N–H and O–H groups in total. The lowest BCUT2D eigenvalue weighted by Crippen LogP contribution is -2.34. The summed E-state index contributed by atoms with van der Waals surface area (Å²) in [4.78, 5) is 23.7. The summed E-state index contributed by atoms with van der Waals surface area (Å²) in [7, 11) is 0. The quantitative estimate of drug-likeness (QED) is 0.733. The molecule has 0 bridgehead atoms. The van der Waals surface area contributed by atoms with E-state index in [1.165, 1.54) is 11.8 Å². The number of benzene rings is 2. The van der Waals surface area contributed by atoms with Gasteiger partial charge in [-0.05, 0) is 42.3 Å². The lowest BCUT2D eigenvalue weighted by molar-refractivity contribution is -0.122. The van der Waals surface area contributed by atoms with E-state index < -0.39 is 0 Å². The van der Waals surface area contributed by atoms with E-state index in [9.17, 15) is 9.59 Å². The number of halogens is 2. The van der Waals surface area contributed by atoms with Crippen LogP contribution in [0.2, 0.25) is 10.0 Å². The fraction of sp³-hybridized carbons (Fsp3) is 0.222. The van der Waals surface area contributed by atoms with Crippen LogP contribution in [0.25, 0.3) is 0 Å². The summed E-state index contributed by atoms with van der Waals surface area (Å²) in [5.41, 5.74) is 2.63. The zero-order chi connectivity index (χ0) is 18.2.